The van der Waals surface area contributed by atoms with E-state index in [1.165, 1.54) is 0 Å². The summed E-state index contributed by atoms with van der Waals surface area (Å²) in [5.74, 6) is 1.97. The van der Waals surface area contributed by atoms with E-state index < -0.39 is 0 Å². The van der Waals surface area contributed by atoms with E-state index in [4.69, 9.17) is 14.5 Å². The van der Waals surface area contributed by atoms with Crippen molar-refractivity contribution < 1.29 is 14.3 Å². The Bertz CT molecular complexity index is 1270. The molecule has 2 saturated heterocycles. The molecule has 1 aromatic heterocycles. The molecule has 0 saturated carbocycles. The molecule has 0 bridgehead atoms. The standard InChI is InChI=1S/C30H37N5O3/c1-22(2)34-11-9-32(10-12-34)20-28(36)24-5-3-23(4-6-24)25-7-8-27-29(17-25)38-21-30-31-26(19-35(27)30)18-33-13-15-37-16-14-33/h3-8,17,19,22H,9-16,18,20-21H2,1-2H3. The Labute approximate surface area is 224 Å². The van der Waals surface area contributed by atoms with Gasteiger partial charge < -0.3 is 9.47 Å². The Balaban J connectivity index is 1.11. The van der Waals surface area contributed by atoms with Gasteiger partial charge in [-0.25, -0.2) is 4.98 Å². The lowest BCUT2D eigenvalue weighted by molar-refractivity contribution is 0.0337. The first-order valence-corrected chi connectivity index (χ1v) is 13.8. The minimum atomic E-state index is 0.184. The van der Waals surface area contributed by atoms with Crippen LogP contribution < -0.4 is 4.74 Å². The third-order valence-electron chi connectivity index (χ3n) is 7.94. The lowest BCUT2D eigenvalue weighted by Gasteiger charge is -2.36. The van der Waals surface area contributed by atoms with Gasteiger partial charge in [0.25, 0.3) is 0 Å². The molecule has 2 aromatic carbocycles. The van der Waals surface area contributed by atoms with E-state index in [0.29, 0.717) is 19.2 Å². The van der Waals surface area contributed by atoms with Gasteiger partial charge in [-0.15, -0.1) is 0 Å². The highest BCUT2D eigenvalue weighted by atomic mass is 16.5. The molecule has 2 fully saturated rings. The molecule has 0 N–H and O–H groups in total. The maximum absolute atomic E-state index is 12.9. The minimum absolute atomic E-state index is 0.184. The second-order valence-electron chi connectivity index (χ2n) is 10.8. The van der Waals surface area contributed by atoms with E-state index in [2.05, 4.69) is 57.5 Å². The van der Waals surface area contributed by atoms with Crippen molar-refractivity contribution in [1.29, 1.82) is 0 Å². The van der Waals surface area contributed by atoms with Crippen LogP contribution in [0.4, 0.5) is 0 Å². The lowest BCUT2D eigenvalue weighted by Crippen LogP contribution is -2.50. The fraction of sp³-hybridized carbons (Fsp3) is 0.467. The summed E-state index contributed by atoms with van der Waals surface area (Å²) in [5.41, 5.74) is 4.99. The molecule has 0 spiro atoms. The quantitative estimate of drug-likeness (QED) is 0.447. The fourth-order valence-electron chi connectivity index (χ4n) is 5.58. The number of ketones is 1. The van der Waals surface area contributed by atoms with Gasteiger partial charge in [0.1, 0.15) is 12.4 Å². The van der Waals surface area contributed by atoms with Crippen LogP contribution in [0.25, 0.3) is 16.8 Å². The average molecular weight is 516 g/mol. The molecule has 6 rings (SSSR count). The maximum Gasteiger partial charge on any atom is 0.176 e. The number of ether oxygens (including phenoxy) is 2. The zero-order valence-corrected chi connectivity index (χ0v) is 22.4. The zero-order valence-electron chi connectivity index (χ0n) is 22.4. The van der Waals surface area contributed by atoms with Crippen LogP contribution in [-0.4, -0.2) is 95.1 Å². The van der Waals surface area contributed by atoms with Crippen LogP contribution >= 0.6 is 0 Å². The molecule has 8 nitrogen and oxygen atoms in total. The molecular formula is C30H37N5O3. The van der Waals surface area contributed by atoms with Crippen LogP contribution in [0.5, 0.6) is 5.75 Å². The van der Waals surface area contributed by atoms with E-state index in [9.17, 15) is 4.79 Å². The van der Waals surface area contributed by atoms with Crippen molar-refractivity contribution in [2.24, 2.45) is 0 Å². The summed E-state index contributed by atoms with van der Waals surface area (Å²) in [6.07, 6.45) is 2.13. The van der Waals surface area contributed by atoms with Gasteiger partial charge in [-0.3, -0.25) is 24.1 Å². The van der Waals surface area contributed by atoms with E-state index in [1.54, 1.807) is 0 Å². The first kappa shape index (κ1) is 25.2. The van der Waals surface area contributed by atoms with Crippen LogP contribution in [0.2, 0.25) is 0 Å². The summed E-state index contributed by atoms with van der Waals surface area (Å²) in [5, 5.41) is 0. The largest absolute Gasteiger partial charge is 0.483 e. The minimum Gasteiger partial charge on any atom is -0.483 e. The molecule has 3 aromatic rings. The molecule has 38 heavy (non-hydrogen) atoms. The SMILES string of the molecule is CC(C)N1CCN(CC(=O)c2ccc(-c3ccc4c(c3)OCc3nc(CN5CCOCC5)cn3-4)cc2)CC1. The summed E-state index contributed by atoms with van der Waals surface area (Å²) in [4.78, 5) is 24.9. The number of benzene rings is 2. The summed E-state index contributed by atoms with van der Waals surface area (Å²) in [7, 11) is 0. The van der Waals surface area contributed by atoms with Gasteiger partial charge in [-0.1, -0.05) is 30.3 Å². The van der Waals surface area contributed by atoms with Gasteiger partial charge in [0.05, 0.1) is 31.1 Å². The van der Waals surface area contributed by atoms with Crippen LogP contribution in [-0.2, 0) is 17.9 Å². The maximum atomic E-state index is 12.9. The van der Waals surface area contributed by atoms with Crippen LogP contribution in [0, 0.1) is 0 Å². The number of hydrogen-bond acceptors (Lipinski definition) is 7. The molecule has 0 unspecified atom stereocenters. The highest BCUT2D eigenvalue weighted by Gasteiger charge is 2.23. The molecule has 3 aliphatic heterocycles. The number of hydrogen-bond donors (Lipinski definition) is 0. The Morgan fingerprint density at radius 2 is 1.66 bits per heavy atom. The van der Waals surface area contributed by atoms with Crippen LogP contribution in [0.3, 0.4) is 0 Å². The van der Waals surface area contributed by atoms with Crippen molar-refractivity contribution in [3.05, 3.63) is 65.7 Å². The third-order valence-corrected chi connectivity index (χ3v) is 7.94. The van der Waals surface area contributed by atoms with E-state index in [-0.39, 0.29) is 5.78 Å². The van der Waals surface area contributed by atoms with Gasteiger partial charge in [0, 0.05) is 63.6 Å². The van der Waals surface area contributed by atoms with E-state index >= 15 is 0 Å². The fourth-order valence-corrected chi connectivity index (χ4v) is 5.58. The number of aromatic nitrogens is 2. The molecule has 3 aliphatic rings. The molecule has 0 radical (unpaired) electrons. The predicted molar refractivity (Wildman–Crippen MR) is 147 cm³/mol. The average Bonchev–Trinajstić information content (AvgIpc) is 3.36. The van der Waals surface area contributed by atoms with Crippen molar-refractivity contribution in [2.45, 2.75) is 33.0 Å². The number of nitrogens with zero attached hydrogens (tertiary/aromatic N) is 5. The smallest absolute Gasteiger partial charge is 0.176 e. The number of rotatable bonds is 7. The molecule has 4 heterocycles. The number of piperazine rings is 1. The summed E-state index contributed by atoms with van der Waals surface area (Å²) in [6.45, 7) is 13.6. The second-order valence-corrected chi connectivity index (χ2v) is 10.8. The Hall–Kier alpha value is -3.04. The van der Waals surface area contributed by atoms with Crippen LogP contribution in [0.1, 0.15) is 35.7 Å². The highest BCUT2D eigenvalue weighted by molar-refractivity contribution is 5.98. The first-order valence-electron chi connectivity index (χ1n) is 13.8. The second kappa shape index (κ2) is 11.0. The Kier molecular flexibility index (Phi) is 7.30. The van der Waals surface area contributed by atoms with Gasteiger partial charge in [-0.05, 0) is 37.1 Å². The molecule has 0 atom stereocenters. The van der Waals surface area contributed by atoms with Gasteiger partial charge >= 0.3 is 0 Å². The number of Topliss-reactive ketones (excluding diaryl/α,β-unsaturated/α-hetero) is 1. The Morgan fingerprint density at radius 3 is 2.39 bits per heavy atom. The van der Waals surface area contributed by atoms with Crippen molar-refractivity contribution in [3.8, 4) is 22.6 Å². The number of carbonyl (C=O) groups is 1. The monoisotopic (exact) mass is 515 g/mol. The van der Waals surface area contributed by atoms with Gasteiger partial charge in [0.15, 0.2) is 11.6 Å². The third kappa shape index (κ3) is 5.40. The summed E-state index contributed by atoms with van der Waals surface area (Å²) < 4.78 is 13.7. The molecule has 0 amide bonds. The Morgan fingerprint density at radius 1 is 0.921 bits per heavy atom. The zero-order chi connectivity index (χ0) is 26.1. The predicted octanol–water partition coefficient (Wildman–Crippen LogP) is 3.47. The summed E-state index contributed by atoms with van der Waals surface area (Å²) >= 11 is 0. The van der Waals surface area contributed by atoms with Gasteiger partial charge in [0.2, 0.25) is 0 Å². The molecular weight excluding hydrogens is 478 g/mol. The van der Waals surface area contributed by atoms with Gasteiger partial charge in [-0.2, -0.15) is 0 Å². The molecule has 0 aliphatic carbocycles. The van der Waals surface area contributed by atoms with Crippen molar-refractivity contribution in [3.63, 3.8) is 0 Å². The topological polar surface area (TPSA) is 63.1 Å². The number of imidazole rings is 1. The van der Waals surface area contributed by atoms with Crippen LogP contribution in [0.15, 0.2) is 48.7 Å². The number of morpholine rings is 1. The van der Waals surface area contributed by atoms with E-state index in [1.807, 2.05) is 24.3 Å². The first-order chi connectivity index (χ1) is 18.5. The highest BCUT2D eigenvalue weighted by Crippen LogP contribution is 2.34. The van der Waals surface area contributed by atoms with E-state index in [0.717, 1.165) is 98.7 Å². The van der Waals surface area contributed by atoms with Crippen molar-refractivity contribution >= 4 is 5.78 Å². The number of carbonyl (C=O) groups excluding carboxylic acids is 1. The molecule has 8 heteroatoms. The lowest BCUT2D eigenvalue weighted by atomic mass is 10.0. The normalized spacial score (nSPS) is 18.7. The van der Waals surface area contributed by atoms with Crippen molar-refractivity contribution in [2.75, 3.05) is 59.0 Å². The molecule has 200 valence electrons. The summed E-state index contributed by atoms with van der Waals surface area (Å²) in [6, 6.07) is 14.9. The number of fused-ring (bicyclic) bond motifs is 3. The van der Waals surface area contributed by atoms with Crippen molar-refractivity contribution in [1.82, 2.24) is 24.3 Å².